The monoisotopic (exact) mass is 704 g/mol. The lowest BCUT2D eigenvalue weighted by molar-refractivity contribution is 0.413. The van der Waals surface area contributed by atoms with E-state index in [2.05, 4.69) is 97.1 Å². The molecule has 6 heteroatoms. The van der Waals surface area contributed by atoms with E-state index in [1.807, 2.05) is 54.6 Å². The first-order valence-corrected chi connectivity index (χ1v) is 17.3. The van der Waals surface area contributed by atoms with Gasteiger partial charge in [0, 0.05) is 16.7 Å². The quantitative estimate of drug-likeness (QED) is 0.141. The molecule has 7 aromatic carbocycles. The molecule has 0 aliphatic rings. The summed E-state index contributed by atoms with van der Waals surface area (Å²) in [5, 5.41) is 18.5. The highest BCUT2D eigenvalue weighted by Crippen LogP contribution is 2.40. The minimum Gasteiger partial charge on any atom is -0.496 e. The molecule has 0 aromatic heterocycles. The summed E-state index contributed by atoms with van der Waals surface area (Å²) in [4.78, 5) is 0. The Labute approximate surface area is 315 Å². The molecule has 0 radical (unpaired) electrons. The van der Waals surface area contributed by atoms with E-state index in [0.29, 0.717) is 16.9 Å². The van der Waals surface area contributed by atoms with Crippen molar-refractivity contribution in [3.63, 3.8) is 0 Å². The molecule has 262 valence electrons. The predicted molar refractivity (Wildman–Crippen MR) is 215 cm³/mol. The maximum Gasteiger partial charge on any atom is 0.137 e. The van der Waals surface area contributed by atoms with Gasteiger partial charge in [0.25, 0.3) is 0 Å². The lowest BCUT2D eigenvalue weighted by Gasteiger charge is -2.14. The second-order valence-electron chi connectivity index (χ2n) is 12.6. The average Bonchev–Trinajstić information content (AvgIpc) is 3.25. The highest BCUT2D eigenvalue weighted by molar-refractivity contribution is 5.82. The van der Waals surface area contributed by atoms with E-state index in [9.17, 15) is 5.26 Å². The minimum absolute atomic E-state index is 0.496. The maximum atomic E-state index is 9.36. The Morgan fingerprint density at radius 1 is 0.315 bits per heavy atom. The first-order chi connectivity index (χ1) is 26.5. The van der Waals surface area contributed by atoms with E-state index in [-0.39, 0.29) is 0 Å². The summed E-state index contributed by atoms with van der Waals surface area (Å²) in [6.07, 6.45) is 0. The van der Waals surface area contributed by atoms with E-state index in [1.54, 1.807) is 34.5 Å². The zero-order chi connectivity index (χ0) is 37.6. The summed E-state index contributed by atoms with van der Waals surface area (Å²) in [5.41, 5.74) is 13.3. The van der Waals surface area contributed by atoms with Crippen LogP contribution in [0.1, 0.15) is 11.1 Å². The Hall–Kier alpha value is -7.28. The molecule has 0 bridgehead atoms. The van der Waals surface area contributed by atoms with Crippen molar-refractivity contribution in [2.75, 3.05) is 28.4 Å². The van der Waals surface area contributed by atoms with Crippen molar-refractivity contribution in [3.8, 4) is 102 Å². The topological polar surface area (TPSA) is 84.5 Å². The van der Waals surface area contributed by atoms with Crippen molar-refractivity contribution in [3.05, 3.63) is 157 Å². The first kappa shape index (κ1) is 35.1. The Bertz CT molecular complexity index is 2540. The van der Waals surface area contributed by atoms with Crippen LogP contribution in [0.5, 0.6) is 23.0 Å². The molecule has 0 saturated carbocycles. The van der Waals surface area contributed by atoms with Gasteiger partial charge in [-0.2, -0.15) is 10.5 Å². The van der Waals surface area contributed by atoms with E-state index < -0.39 is 0 Å². The van der Waals surface area contributed by atoms with Crippen molar-refractivity contribution < 1.29 is 18.9 Å². The van der Waals surface area contributed by atoms with Crippen LogP contribution in [0.2, 0.25) is 0 Å². The van der Waals surface area contributed by atoms with Gasteiger partial charge in [-0.25, -0.2) is 0 Å². The standard InChI is InChI=1S/C48H36N2O4/c1-51-45-25-37(17-18-41(45)30-50)38-19-23-43(47(26-38)53-3)35-13-9-32(10-14-35)33-11-15-36(16-12-33)44-24-21-40(28-48(44)54-4)39-20-22-42(46(27-39)52-2)34-7-5-31(29-49)6-8-34/h5-28H,1-4H3. The second kappa shape index (κ2) is 15.5. The smallest absolute Gasteiger partial charge is 0.137 e. The molecule has 7 rings (SSSR count). The molecule has 0 unspecified atom stereocenters. The molecule has 0 aliphatic heterocycles. The summed E-state index contributed by atoms with van der Waals surface area (Å²) >= 11 is 0. The number of nitrogens with zero attached hydrogens (tertiary/aromatic N) is 2. The van der Waals surface area contributed by atoms with Crippen LogP contribution in [0, 0.1) is 22.7 Å². The third kappa shape index (κ3) is 6.97. The molecule has 0 amide bonds. The van der Waals surface area contributed by atoms with Gasteiger partial charge in [-0.15, -0.1) is 0 Å². The minimum atomic E-state index is 0.496. The predicted octanol–water partition coefficient (Wildman–Crippen LogP) is 11.5. The Morgan fingerprint density at radius 3 is 0.944 bits per heavy atom. The van der Waals surface area contributed by atoms with Crippen LogP contribution in [0.4, 0.5) is 0 Å². The normalized spacial score (nSPS) is 10.6. The zero-order valence-corrected chi connectivity index (χ0v) is 30.4. The van der Waals surface area contributed by atoms with Gasteiger partial charge in [0.15, 0.2) is 0 Å². The highest BCUT2D eigenvalue weighted by Gasteiger charge is 2.14. The number of methoxy groups -OCH3 is 4. The summed E-state index contributed by atoms with van der Waals surface area (Å²) in [6, 6.07) is 52.9. The molecule has 0 aliphatic carbocycles. The van der Waals surface area contributed by atoms with Crippen LogP contribution in [0.3, 0.4) is 0 Å². The SMILES string of the molecule is COc1cc(-c2ccc(-c3ccc(-c4ccc(-c5ccc(-c6ccc(-c7ccc(C#N)cc7)c(OC)c6)cc5OC)cc4)cc3)c(OC)c2)ccc1C#N. The van der Waals surface area contributed by atoms with Gasteiger partial charge in [0.05, 0.1) is 45.6 Å². The van der Waals surface area contributed by atoms with Crippen LogP contribution >= 0.6 is 0 Å². The maximum absolute atomic E-state index is 9.36. The lowest BCUT2D eigenvalue weighted by Crippen LogP contribution is -1.92. The van der Waals surface area contributed by atoms with Crippen molar-refractivity contribution >= 4 is 0 Å². The van der Waals surface area contributed by atoms with Gasteiger partial charge in [0.2, 0.25) is 0 Å². The largest absolute Gasteiger partial charge is 0.496 e. The van der Waals surface area contributed by atoms with Gasteiger partial charge < -0.3 is 18.9 Å². The Balaban J connectivity index is 1.10. The number of hydrogen-bond acceptors (Lipinski definition) is 6. The Kier molecular flexibility index (Phi) is 10.1. The first-order valence-electron chi connectivity index (χ1n) is 17.3. The number of benzene rings is 7. The van der Waals surface area contributed by atoms with Crippen LogP contribution < -0.4 is 18.9 Å². The number of ether oxygens (including phenoxy) is 4. The van der Waals surface area contributed by atoms with Crippen LogP contribution in [-0.2, 0) is 0 Å². The molecule has 0 spiro atoms. The summed E-state index contributed by atoms with van der Waals surface area (Å²) in [6.45, 7) is 0. The third-order valence-corrected chi connectivity index (χ3v) is 9.64. The van der Waals surface area contributed by atoms with Crippen LogP contribution in [0.25, 0.3) is 66.8 Å². The molecule has 0 N–H and O–H groups in total. The molecule has 6 nitrogen and oxygen atoms in total. The van der Waals surface area contributed by atoms with Crippen molar-refractivity contribution in [1.29, 1.82) is 10.5 Å². The van der Waals surface area contributed by atoms with Crippen LogP contribution in [-0.4, -0.2) is 28.4 Å². The van der Waals surface area contributed by atoms with Crippen molar-refractivity contribution in [1.82, 2.24) is 0 Å². The number of nitriles is 2. The lowest BCUT2D eigenvalue weighted by atomic mass is 9.94. The fourth-order valence-corrected chi connectivity index (χ4v) is 6.70. The van der Waals surface area contributed by atoms with Gasteiger partial charge in [0.1, 0.15) is 29.1 Å². The summed E-state index contributed by atoms with van der Waals surface area (Å²) < 4.78 is 22.9. The zero-order valence-electron chi connectivity index (χ0n) is 30.4. The van der Waals surface area contributed by atoms with Crippen molar-refractivity contribution in [2.45, 2.75) is 0 Å². The molecule has 0 heterocycles. The molecular formula is C48H36N2O4. The molecule has 0 fully saturated rings. The van der Waals surface area contributed by atoms with Gasteiger partial charge in [-0.1, -0.05) is 103 Å². The van der Waals surface area contributed by atoms with Gasteiger partial charge in [-0.3, -0.25) is 0 Å². The number of hydrogen-bond donors (Lipinski definition) is 0. The van der Waals surface area contributed by atoms with E-state index in [0.717, 1.165) is 84.0 Å². The molecular weight excluding hydrogens is 669 g/mol. The van der Waals surface area contributed by atoms with Gasteiger partial charge >= 0.3 is 0 Å². The third-order valence-electron chi connectivity index (χ3n) is 9.64. The highest BCUT2D eigenvalue weighted by atomic mass is 16.5. The average molecular weight is 705 g/mol. The van der Waals surface area contributed by atoms with Crippen molar-refractivity contribution in [2.24, 2.45) is 0 Å². The van der Waals surface area contributed by atoms with E-state index in [4.69, 9.17) is 24.2 Å². The second-order valence-corrected chi connectivity index (χ2v) is 12.6. The molecule has 0 saturated heterocycles. The van der Waals surface area contributed by atoms with E-state index in [1.165, 1.54) is 0 Å². The summed E-state index contributed by atoms with van der Waals surface area (Å²) in [7, 11) is 6.61. The van der Waals surface area contributed by atoms with Crippen LogP contribution in [0.15, 0.2) is 146 Å². The fraction of sp³-hybridized carbons (Fsp3) is 0.0833. The fourth-order valence-electron chi connectivity index (χ4n) is 6.70. The van der Waals surface area contributed by atoms with E-state index >= 15 is 0 Å². The Morgan fingerprint density at radius 2 is 0.611 bits per heavy atom. The molecule has 0 atom stereocenters. The number of rotatable bonds is 10. The molecule has 54 heavy (non-hydrogen) atoms. The summed E-state index contributed by atoms with van der Waals surface area (Å²) in [5.74, 6) is 2.83. The van der Waals surface area contributed by atoms with Gasteiger partial charge in [-0.05, 0) is 92.5 Å². The molecule has 7 aromatic rings.